The maximum Gasteiger partial charge on any atom is 0.0493 e. The predicted molar refractivity (Wildman–Crippen MR) is 323 cm³/mol. The molecule has 0 bridgehead atoms. The Morgan fingerprint density at radius 3 is 1.55 bits per heavy atom. The van der Waals surface area contributed by atoms with Crippen LogP contribution < -0.4 is 14.7 Å². The van der Waals surface area contributed by atoms with Crippen molar-refractivity contribution in [3.05, 3.63) is 196 Å². The molecule has 3 aliphatic heterocycles. The van der Waals surface area contributed by atoms with Crippen LogP contribution in [0.1, 0.15) is 182 Å². The molecule has 3 heteroatoms. The number of fused-ring (bicyclic) bond motifs is 9. The van der Waals surface area contributed by atoms with Crippen molar-refractivity contribution in [2.75, 3.05) is 14.7 Å². The first-order chi connectivity index (χ1) is 37.2. The second-order valence-corrected chi connectivity index (χ2v) is 27.9. The molecule has 3 heterocycles. The number of nitrogens with zero attached hydrogens (tertiary/aromatic N) is 3. The van der Waals surface area contributed by atoms with Crippen LogP contribution in [-0.2, 0) is 21.7 Å². The van der Waals surface area contributed by atoms with E-state index in [2.05, 4.69) is 222 Å². The molecule has 8 aromatic carbocycles. The summed E-state index contributed by atoms with van der Waals surface area (Å²) in [6.07, 6.45) is 13.0. The highest BCUT2D eigenvalue weighted by Gasteiger charge is 2.61. The minimum absolute atomic E-state index is 0.0436. The minimum atomic E-state index is -0.214. The lowest BCUT2D eigenvalue weighted by Gasteiger charge is -2.58. The molecule has 8 aliphatic rings. The van der Waals surface area contributed by atoms with E-state index in [9.17, 15) is 0 Å². The van der Waals surface area contributed by atoms with E-state index in [1.165, 1.54) is 129 Å². The summed E-state index contributed by atoms with van der Waals surface area (Å²) in [7, 11) is 0. The average molecular weight is 1010 g/mol. The van der Waals surface area contributed by atoms with Crippen molar-refractivity contribution in [1.82, 2.24) is 0 Å². The van der Waals surface area contributed by atoms with Gasteiger partial charge < -0.3 is 14.7 Å². The number of rotatable bonds is 6. The Balaban J connectivity index is 0.909. The van der Waals surface area contributed by atoms with Crippen LogP contribution in [0.5, 0.6) is 0 Å². The minimum Gasteiger partial charge on any atom is -0.338 e. The van der Waals surface area contributed by atoms with Gasteiger partial charge in [-0.25, -0.2) is 0 Å². The first-order valence-electron chi connectivity index (χ1n) is 30.2. The van der Waals surface area contributed by atoms with Crippen LogP contribution in [0.3, 0.4) is 0 Å². The van der Waals surface area contributed by atoms with E-state index in [0.29, 0.717) is 35.6 Å². The third-order valence-corrected chi connectivity index (χ3v) is 23.0. The van der Waals surface area contributed by atoms with Crippen LogP contribution in [0, 0.1) is 17.8 Å². The first kappa shape index (κ1) is 46.7. The normalized spacial score (nSPS) is 27.6. The largest absolute Gasteiger partial charge is 0.338 e. The molecule has 0 spiro atoms. The van der Waals surface area contributed by atoms with Crippen LogP contribution in [0.4, 0.5) is 39.8 Å². The number of benzene rings is 8. The molecular formula is C74H77N3. The summed E-state index contributed by atoms with van der Waals surface area (Å²) >= 11 is 0. The Kier molecular flexibility index (Phi) is 9.80. The molecule has 0 aromatic heterocycles. The lowest BCUT2D eigenvalue weighted by molar-refractivity contribution is 0.163. The quantitative estimate of drug-likeness (QED) is 0.164. The summed E-state index contributed by atoms with van der Waals surface area (Å²) in [4.78, 5) is 8.49. The van der Waals surface area contributed by atoms with Gasteiger partial charge in [0.25, 0.3) is 0 Å². The zero-order chi connectivity index (χ0) is 52.1. The lowest BCUT2D eigenvalue weighted by Crippen LogP contribution is -2.57. The van der Waals surface area contributed by atoms with E-state index >= 15 is 0 Å². The molecule has 3 saturated carbocycles. The second kappa shape index (κ2) is 16.1. The standard InChI is InChI=1S/C74H77N3/c1-71(2)60-24-15-13-22-54(60)56-34-32-50(40-64(56)71)75(48-30-28-44-18-9-11-20-46(44)36-48)52-38-58-59-39-53(43-67-69(59)77-68(58)66(42-52)73(5,6)62-26-17-27-63(70(62)77)74(67,7)8)76(49-31-29-45-19-10-12-21-47(45)37-49)51-33-35-57-55-23-14-16-25-61(55)72(3,4)65(57)41-51/h9-12,17-21,26-38,40-42,53-55,59-61,67,69H,13-16,22-25,39,43H2,1-8H3. The fourth-order valence-corrected chi connectivity index (χ4v) is 19.2. The van der Waals surface area contributed by atoms with Crippen molar-refractivity contribution >= 4 is 61.4 Å². The van der Waals surface area contributed by atoms with Gasteiger partial charge in [-0.05, 0) is 211 Å². The molecule has 8 aromatic rings. The summed E-state index contributed by atoms with van der Waals surface area (Å²) in [5.41, 5.74) is 22.0. The monoisotopic (exact) mass is 1010 g/mol. The summed E-state index contributed by atoms with van der Waals surface area (Å²) in [5, 5.41) is 5.19. The molecule has 8 unspecified atom stereocenters. The number of anilines is 7. The second-order valence-electron chi connectivity index (χ2n) is 27.9. The molecule has 77 heavy (non-hydrogen) atoms. The molecule has 0 radical (unpaired) electrons. The van der Waals surface area contributed by atoms with Gasteiger partial charge in [-0.3, -0.25) is 0 Å². The fraction of sp³-hybridized carbons (Fsp3) is 0.405. The third kappa shape index (κ3) is 6.38. The molecule has 0 N–H and O–H groups in total. The Labute approximate surface area is 458 Å². The maximum absolute atomic E-state index is 2.95. The van der Waals surface area contributed by atoms with Gasteiger partial charge >= 0.3 is 0 Å². The van der Waals surface area contributed by atoms with Crippen molar-refractivity contribution in [3.8, 4) is 0 Å². The first-order valence-corrected chi connectivity index (χ1v) is 30.2. The third-order valence-electron chi connectivity index (χ3n) is 23.0. The van der Waals surface area contributed by atoms with Crippen molar-refractivity contribution in [2.45, 2.75) is 171 Å². The molecule has 0 saturated heterocycles. The van der Waals surface area contributed by atoms with Gasteiger partial charge in [-0.1, -0.05) is 172 Å². The summed E-state index contributed by atoms with van der Waals surface area (Å²) in [6, 6.07) is 61.5. The van der Waals surface area contributed by atoms with Crippen LogP contribution in [-0.4, -0.2) is 12.1 Å². The zero-order valence-corrected chi connectivity index (χ0v) is 47.0. The average Bonchev–Trinajstić information content (AvgIpc) is 4.13. The molecule has 8 atom stereocenters. The fourth-order valence-electron chi connectivity index (χ4n) is 19.2. The Morgan fingerprint density at radius 1 is 0.377 bits per heavy atom. The smallest absolute Gasteiger partial charge is 0.0493 e. The van der Waals surface area contributed by atoms with E-state index in [0.717, 1.165) is 18.8 Å². The summed E-state index contributed by atoms with van der Waals surface area (Å²) in [5.74, 6) is 3.55. The van der Waals surface area contributed by atoms with Crippen LogP contribution in [0.25, 0.3) is 21.5 Å². The van der Waals surface area contributed by atoms with E-state index in [-0.39, 0.29) is 27.7 Å². The van der Waals surface area contributed by atoms with Crippen LogP contribution >= 0.6 is 0 Å². The zero-order valence-electron chi connectivity index (χ0n) is 47.0. The molecule has 388 valence electrons. The van der Waals surface area contributed by atoms with E-state index in [1.54, 1.807) is 27.8 Å². The van der Waals surface area contributed by atoms with Gasteiger partial charge in [-0.2, -0.15) is 0 Å². The van der Waals surface area contributed by atoms with Gasteiger partial charge in [0.2, 0.25) is 0 Å². The van der Waals surface area contributed by atoms with Gasteiger partial charge in [0, 0.05) is 63.2 Å². The Morgan fingerprint density at radius 2 is 0.883 bits per heavy atom. The highest BCUT2D eigenvalue weighted by Crippen LogP contribution is 2.69. The maximum atomic E-state index is 2.95. The van der Waals surface area contributed by atoms with Crippen molar-refractivity contribution in [1.29, 1.82) is 0 Å². The number of hydrogen-bond donors (Lipinski definition) is 0. The highest BCUT2D eigenvalue weighted by molar-refractivity contribution is 5.94. The van der Waals surface area contributed by atoms with Crippen LogP contribution in [0.2, 0.25) is 0 Å². The molecule has 0 amide bonds. The van der Waals surface area contributed by atoms with Gasteiger partial charge in [-0.15, -0.1) is 0 Å². The number of para-hydroxylation sites is 1. The van der Waals surface area contributed by atoms with E-state index in [4.69, 9.17) is 0 Å². The van der Waals surface area contributed by atoms with Gasteiger partial charge in [0.15, 0.2) is 0 Å². The molecule has 3 nitrogen and oxygen atoms in total. The Bertz CT molecular complexity index is 3780. The van der Waals surface area contributed by atoms with Gasteiger partial charge in [0.05, 0.1) is 0 Å². The lowest BCUT2D eigenvalue weighted by atomic mass is 9.57. The predicted octanol–water partition coefficient (Wildman–Crippen LogP) is 19.7. The van der Waals surface area contributed by atoms with Crippen LogP contribution in [0.15, 0.2) is 152 Å². The SMILES string of the molecule is CC1(C)c2cc(N(c3ccc4c(c3)C(C)(C)C3CCCCC43)c3ccc4ccccc4c3)cc3c2N2c4c1cccc4C(C)(C)C1CC(N(c4ccc5c(c4)C(C)(C)C4CCCCC54)c4ccc5ccccc5c4)CC3C12. The Hall–Kier alpha value is -6.32. The van der Waals surface area contributed by atoms with Crippen molar-refractivity contribution in [3.63, 3.8) is 0 Å². The highest BCUT2D eigenvalue weighted by atomic mass is 15.3. The van der Waals surface area contributed by atoms with E-state index < -0.39 is 0 Å². The van der Waals surface area contributed by atoms with Gasteiger partial charge in [0.1, 0.15) is 0 Å². The number of hydrogen-bond acceptors (Lipinski definition) is 3. The molecule has 16 rings (SSSR count). The summed E-state index contributed by atoms with van der Waals surface area (Å²) < 4.78 is 0. The molecule has 3 fully saturated rings. The molecular weight excluding hydrogens is 931 g/mol. The molecule has 5 aliphatic carbocycles. The summed E-state index contributed by atoms with van der Waals surface area (Å²) in [6.45, 7) is 20.6. The van der Waals surface area contributed by atoms with E-state index in [1.807, 2.05) is 0 Å². The van der Waals surface area contributed by atoms with Crippen molar-refractivity contribution in [2.24, 2.45) is 17.8 Å². The van der Waals surface area contributed by atoms with Crippen molar-refractivity contribution < 1.29 is 0 Å². The topological polar surface area (TPSA) is 9.72 Å².